The molecule has 0 bridgehead atoms. The van der Waals surface area contributed by atoms with Crippen LogP contribution in [0.25, 0.3) is 0 Å². The van der Waals surface area contributed by atoms with E-state index in [1.807, 2.05) is 20.8 Å². The van der Waals surface area contributed by atoms with Crippen molar-refractivity contribution in [2.24, 2.45) is 5.84 Å². The summed E-state index contributed by atoms with van der Waals surface area (Å²) in [6, 6.07) is 0.401. The van der Waals surface area contributed by atoms with Crippen LogP contribution in [0.1, 0.15) is 38.1 Å². The normalized spacial score (nSPS) is 12.5. The Balaban J connectivity index is 2.80. The molecule has 0 radical (unpaired) electrons. The summed E-state index contributed by atoms with van der Waals surface area (Å²) in [4.78, 5) is 27.5. The first-order chi connectivity index (χ1) is 9.65. The van der Waals surface area contributed by atoms with Gasteiger partial charge in [0.05, 0.1) is 5.56 Å². The number of rotatable bonds is 4. The quantitative estimate of drug-likeness (QED) is 0.479. The Morgan fingerprint density at radius 3 is 2.52 bits per heavy atom. The van der Waals surface area contributed by atoms with E-state index >= 15 is 0 Å². The lowest BCUT2D eigenvalue weighted by Crippen LogP contribution is -2.50. The first-order valence-corrected chi connectivity index (χ1v) is 6.39. The molecule has 8 heteroatoms. The molecule has 0 aliphatic carbocycles. The summed E-state index contributed by atoms with van der Waals surface area (Å²) in [5, 5.41) is 5.14. The molecule has 21 heavy (non-hydrogen) atoms. The molecule has 1 aromatic heterocycles. The predicted molar refractivity (Wildman–Crippen MR) is 76.8 cm³/mol. The number of anilines is 1. The maximum absolute atomic E-state index is 13.9. The van der Waals surface area contributed by atoms with Gasteiger partial charge in [-0.1, -0.05) is 0 Å². The molecule has 0 saturated carbocycles. The monoisotopic (exact) mass is 297 g/mol. The third-order valence-corrected chi connectivity index (χ3v) is 2.51. The number of amides is 2. The zero-order chi connectivity index (χ0) is 16.2. The van der Waals surface area contributed by atoms with Gasteiger partial charge < -0.3 is 16.1 Å². The summed E-state index contributed by atoms with van der Waals surface area (Å²) >= 11 is 0. The van der Waals surface area contributed by atoms with Gasteiger partial charge in [0.2, 0.25) is 5.91 Å². The fourth-order valence-corrected chi connectivity index (χ4v) is 1.54. The van der Waals surface area contributed by atoms with E-state index in [0.717, 1.165) is 0 Å². The number of pyridine rings is 1. The standard InChI is InChI=1S/C13H20FN5O2/c1-7(11(20)18-13(2,3)4)17-12(21)8-5-6-16-10(19-15)9(8)14/h5-7H,15H2,1-4H3,(H,16,19)(H,17,21)(H,18,20). The van der Waals surface area contributed by atoms with Crippen LogP contribution in [0.2, 0.25) is 0 Å². The maximum atomic E-state index is 13.9. The van der Waals surface area contributed by atoms with Crippen molar-refractivity contribution in [2.45, 2.75) is 39.3 Å². The van der Waals surface area contributed by atoms with Gasteiger partial charge in [-0.2, -0.15) is 0 Å². The number of nitrogens with two attached hydrogens (primary N) is 1. The van der Waals surface area contributed by atoms with Gasteiger partial charge in [0, 0.05) is 11.7 Å². The van der Waals surface area contributed by atoms with Gasteiger partial charge in [-0.3, -0.25) is 9.59 Å². The minimum absolute atomic E-state index is 0.241. The van der Waals surface area contributed by atoms with Crippen LogP contribution in [0.5, 0.6) is 0 Å². The highest BCUT2D eigenvalue weighted by Crippen LogP contribution is 2.14. The number of hydrazine groups is 1. The van der Waals surface area contributed by atoms with E-state index in [0.29, 0.717) is 0 Å². The van der Waals surface area contributed by atoms with E-state index in [2.05, 4.69) is 21.0 Å². The van der Waals surface area contributed by atoms with Crippen LogP contribution in [-0.4, -0.2) is 28.4 Å². The number of hydrogen-bond acceptors (Lipinski definition) is 5. The van der Waals surface area contributed by atoms with Gasteiger partial charge in [0.15, 0.2) is 11.6 Å². The lowest BCUT2D eigenvalue weighted by atomic mass is 10.1. The molecule has 0 spiro atoms. The van der Waals surface area contributed by atoms with Crippen molar-refractivity contribution in [3.63, 3.8) is 0 Å². The summed E-state index contributed by atoms with van der Waals surface area (Å²) in [5.74, 6) is 2.90. The molecule has 1 rings (SSSR count). The zero-order valence-electron chi connectivity index (χ0n) is 12.5. The first kappa shape index (κ1) is 16.8. The number of hydrogen-bond donors (Lipinski definition) is 4. The molecule has 0 aliphatic rings. The minimum atomic E-state index is -0.874. The highest BCUT2D eigenvalue weighted by Gasteiger charge is 2.23. The van der Waals surface area contributed by atoms with Gasteiger partial charge in [-0.05, 0) is 33.8 Å². The molecule has 116 valence electrons. The third-order valence-electron chi connectivity index (χ3n) is 2.51. The second-order valence-corrected chi connectivity index (χ2v) is 5.60. The average Bonchev–Trinajstić information content (AvgIpc) is 2.36. The Kier molecular flexibility index (Phi) is 5.20. The van der Waals surface area contributed by atoms with Crippen LogP contribution in [0.4, 0.5) is 10.2 Å². The number of nitrogen functional groups attached to an aromatic ring is 1. The van der Waals surface area contributed by atoms with Crippen LogP contribution in [0.15, 0.2) is 12.3 Å². The fourth-order valence-electron chi connectivity index (χ4n) is 1.54. The van der Waals surface area contributed by atoms with E-state index in [9.17, 15) is 14.0 Å². The van der Waals surface area contributed by atoms with E-state index in [1.54, 1.807) is 0 Å². The number of nitrogens with one attached hydrogen (secondary N) is 3. The van der Waals surface area contributed by atoms with E-state index in [1.165, 1.54) is 19.2 Å². The Bertz CT molecular complexity index is 542. The second-order valence-electron chi connectivity index (χ2n) is 5.60. The topological polar surface area (TPSA) is 109 Å². The van der Waals surface area contributed by atoms with Crippen molar-refractivity contribution in [3.8, 4) is 0 Å². The molecule has 0 aliphatic heterocycles. The van der Waals surface area contributed by atoms with Crippen LogP contribution >= 0.6 is 0 Å². The first-order valence-electron chi connectivity index (χ1n) is 6.39. The molecule has 0 saturated heterocycles. The summed E-state index contributed by atoms with van der Waals surface area (Å²) in [6.07, 6.45) is 1.24. The SMILES string of the molecule is CC(NC(=O)c1ccnc(NN)c1F)C(=O)NC(C)(C)C. The molecule has 1 aromatic rings. The molecular formula is C13H20FN5O2. The van der Waals surface area contributed by atoms with Crippen molar-refractivity contribution < 1.29 is 14.0 Å². The van der Waals surface area contributed by atoms with Gasteiger partial charge in [-0.15, -0.1) is 0 Å². The molecule has 0 fully saturated rings. The number of aromatic nitrogens is 1. The smallest absolute Gasteiger partial charge is 0.255 e. The lowest BCUT2D eigenvalue weighted by Gasteiger charge is -2.23. The minimum Gasteiger partial charge on any atom is -0.350 e. The van der Waals surface area contributed by atoms with Crippen LogP contribution in [0, 0.1) is 5.82 Å². The van der Waals surface area contributed by atoms with Crippen LogP contribution in [0.3, 0.4) is 0 Å². The molecule has 1 atom stereocenters. The van der Waals surface area contributed by atoms with E-state index in [-0.39, 0.29) is 17.3 Å². The fraction of sp³-hybridized carbons (Fsp3) is 0.462. The number of halogens is 1. The van der Waals surface area contributed by atoms with Crippen molar-refractivity contribution in [1.82, 2.24) is 15.6 Å². The van der Waals surface area contributed by atoms with E-state index < -0.39 is 23.3 Å². The zero-order valence-corrected chi connectivity index (χ0v) is 12.5. The highest BCUT2D eigenvalue weighted by molar-refractivity contribution is 5.98. The second kappa shape index (κ2) is 6.49. The van der Waals surface area contributed by atoms with Crippen molar-refractivity contribution in [2.75, 3.05) is 5.43 Å². The average molecular weight is 297 g/mol. The van der Waals surface area contributed by atoms with Crippen LogP contribution in [-0.2, 0) is 4.79 Å². The van der Waals surface area contributed by atoms with Gasteiger partial charge in [0.25, 0.3) is 5.91 Å². The molecule has 7 nitrogen and oxygen atoms in total. The molecule has 1 unspecified atom stereocenters. The third kappa shape index (κ3) is 4.67. The lowest BCUT2D eigenvalue weighted by molar-refractivity contribution is -0.124. The molecule has 0 aromatic carbocycles. The van der Waals surface area contributed by atoms with Gasteiger partial charge in [0.1, 0.15) is 6.04 Å². The Hall–Kier alpha value is -2.22. The molecule has 2 amide bonds. The van der Waals surface area contributed by atoms with Crippen LogP contribution < -0.4 is 21.9 Å². The summed E-state index contributed by atoms with van der Waals surface area (Å²) in [5.41, 5.74) is 1.39. The van der Waals surface area contributed by atoms with E-state index in [4.69, 9.17) is 5.84 Å². The molecule has 5 N–H and O–H groups in total. The largest absolute Gasteiger partial charge is 0.350 e. The highest BCUT2D eigenvalue weighted by atomic mass is 19.1. The predicted octanol–water partition coefficient (Wildman–Crippen LogP) is 0.539. The Morgan fingerprint density at radius 2 is 2.00 bits per heavy atom. The summed E-state index contributed by atoms with van der Waals surface area (Å²) in [7, 11) is 0. The van der Waals surface area contributed by atoms with Crippen molar-refractivity contribution in [3.05, 3.63) is 23.6 Å². The summed E-state index contributed by atoms with van der Waals surface area (Å²) in [6.45, 7) is 6.98. The number of nitrogens with zero attached hydrogens (tertiary/aromatic N) is 1. The molecule has 1 heterocycles. The molecular weight excluding hydrogens is 277 g/mol. The van der Waals surface area contributed by atoms with Crippen molar-refractivity contribution >= 4 is 17.6 Å². The Labute approximate surface area is 122 Å². The van der Waals surface area contributed by atoms with Gasteiger partial charge in [-0.25, -0.2) is 15.2 Å². The van der Waals surface area contributed by atoms with Crippen molar-refractivity contribution in [1.29, 1.82) is 0 Å². The maximum Gasteiger partial charge on any atom is 0.255 e. The number of carbonyl (C=O) groups excluding carboxylic acids is 2. The Morgan fingerprint density at radius 1 is 1.38 bits per heavy atom. The number of carbonyl (C=O) groups is 2. The van der Waals surface area contributed by atoms with Gasteiger partial charge >= 0.3 is 0 Å². The summed E-state index contributed by atoms with van der Waals surface area (Å²) < 4.78 is 13.9.